The van der Waals surface area contributed by atoms with Crippen molar-refractivity contribution in [1.29, 1.82) is 0 Å². The number of piperidine rings is 1. The number of aromatic nitrogens is 2. The lowest BCUT2D eigenvalue weighted by atomic mass is 9.99. The number of rotatable bonds is 2. The Bertz CT molecular complexity index is 414. The van der Waals surface area contributed by atoms with Gasteiger partial charge in [0.25, 0.3) is 0 Å². The summed E-state index contributed by atoms with van der Waals surface area (Å²) in [6.07, 6.45) is 5.09. The maximum Gasteiger partial charge on any atom is 0.223 e. The molecule has 6 heteroatoms. The zero-order chi connectivity index (χ0) is 12.5. The maximum atomic E-state index is 5.68. The Labute approximate surface area is 107 Å². The van der Waals surface area contributed by atoms with Crippen LogP contribution in [0.25, 0.3) is 0 Å². The van der Waals surface area contributed by atoms with E-state index in [4.69, 9.17) is 11.5 Å². The van der Waals surface area contributed by atoms with Gasteiger partial charge in [0.2, 0.25) is 5.95 Å². The van der Waals surface area contributed by atoms with Crippen LogP contribution in [0.5, 0.6) is 0 Å². The van der Waals surface area contributed by atoms with Crippen molar-refractivity contribution >= 4 is 17.6 Å². The molecule has 2 aliphatic rings. The lowest BCUT2D eigenvalue weighted by Gasteiger charge is -2.32. The maximum absolute atomic E-state index is 5.68. The first kappa shape index (κ1) is 11.5. The number of nitrogens with two attached hydrogens (primary N) is 2. The molecule has 0 aromatic carbocycles. The summed E-state index contributed by atoms with van der Waals surface area (Å²) >= 11 is 0. The van der Waals surface area contributed by atoms with Gasteiger partial charge in [-0.1, -0.05) is 6.42 Å². The molecule has 2 unspecified atom stereocenters. The van der Waals surface area contributed by atoms with Gasteiger partial charge in [-0.25, -0.2) is 0 Å². The van der Waals surface area contributed by atoms with Crippen molar-refractivity contribution in [3.8, 4) is 0 Å². The third-order valence-electron chi connectivity index (χ3n) is 3.95. The molecule has 2 fully saturated rings. The molecule has 18 heavy (non-hydrogen) atoms. The van der Waals surface area contributed by atoms with E-state index in [1.165, 1.54) is 32.4 Å². The number of anilines is 3. The van der Waals surface area contributed by atoms with Gasteiger partial charge in [-0.05, 0) is 25.8 Å². The molecule has 5 N–H and O–H groups in total. The molecule has 98 valence electrons. The van der Waals surface area contributed by atoms with E-state index in [9.17, 15) is 0 Å². The summed E-state index contributed by atoms with van der Waals surface area (Å²) < 4.78 is 0. The van der Waals surface area contributed by atoms with E-state index in [0.717, 1.165) is 12.2 Å². The number of nitrogens with zero attached hydrogens (tertiary/aromatic N) is 3. The molecule has 0 bridgehead atoms. The predicted molar refractivity (Wildman–Crippen MR) is 72.1 cm³/mol. The number of fused-ring (bicyclic) bond motifs is 1. The van der Waals surface area contributed by atoms with Crippen LogP contribution in [-0.4, -0.2) is 40.0 Å². The Hall–Kier alpha value is -1.56. The largest absolute Gasteiger partial charge is 0.383 e. The molecule has 3 heterocycles. The Morgan fingerprint density at radius 3 is 2.89 bits per heavy atom. The highest BCUT2D eigenvalue weighted by atomic mass is 15.2. The monoisotopic (exact) mass is 248 g/mol. The molecule has 1 aromatic rings. The SMILES string of the molecule is Nc1cc(NC2CCN3CCCCC23)nc(N)n1. The van der Waals surface area contributed by atoms with E-state index < -0.39 is 0 Å². The summed E-state index contributed by atoms with van der Waals surface area (Å²) in [5.74, 6) is 1.40. The van der Waals surface area contributed by atoms with Gasteiger partial charge in [0.1, 0.15) is 11.6 Å². The van der Waals surface area contributed by atoms with Crippen LogP contribution >= 0.6 is 0 Å². The molecule has 2 aliphatic heterocycles. The Balaban J connectivity index is 1.72. The van der Waals surface area contributed by atoms with E-state index in [1.54, 1.807) is 6.07 Å². The van der Waals surface area contributed by atoms with Crippen LogP contribution in [0.1, 0.15) is 25.7 Å². The van der Waals surface area contributed by atoms with Crippen molar-refractivity contribution in [1.82, 2.24) is 14.9 Å². The standard InChI is InChI=1S/C12H20N6/c13-10-7-11(17-12(14)16-10)15-8-4-6-18-5-2-1-3-9(8)18/h7-9H,1-6H2,(H5,13,14,15,16,17). The minimum atomic E-state index is 0.232. The molecule has 0 amide bonds. The second-order valence-electron chi connectivity index (χ2n) is 5.17. The molecule has 0 aliphatic carbocycles. The van der Waals surface area contributed by atoms with Crippen LogP contribution in [-0.2, 0) is 0 Å². The van der Waals surface area contributed by atoms with Crippen molar-refractivity contribution in [3.63, 3.8) is 0 Å². The van der Waals surface area contributed by atoms with Gasteiger partial charge in [-0.3, -0.25) is 4.90 Å². The second-order valence-corrected chi connectivity index (χ2v) is 5.17. The number of hydrogen-bond acceptors (Lipinski definition) is 6. The van der Waals surface area contributed by atoms with E-state index in [2.05, 4.69) is 20.2 Å². The molecule has 1 aromatic heterocycles. The third kappa shape index (κ3) is 2.20. The van der Waals surface area contributed by atoms with Gasteiger partial charge in [0, 0.05) is 24.7 Å². The predicted octanol–water partition coefficient (Wildman–Crippen LogP) is 0.680. The van der Waals surface area contributed by atoms with Gasteiger partial charge < -0.3 is 16.8 Å². The van der Waals surface area contributed by atoms with Gasteiger partial charge in [0.05, 0.1) is 0 Å². The molecule has 2 saturated heterocycles. The first-order chi connectivity index (χ1) is 8.72. The lowest BCUT2D eigenvalue weighted by Crippen LogP contribution is -2.41. The highest BCUT2D eigenvalue weighted by molar-refractivity contribution is 5.49. The topological polar surface area (TPSA) is 93.1 Å². The zero-order valence-electron chi connectivity index (χ0n) is 10.5. The van der Waals surface area contributed by atoms with Crippen molar-refractivity contribution in [2.75, 3.05) is 29.9 Å². The Morgan fingerprint density at radius 2 is 2.06 bits per heavy atom. The molecule has 6 nitrogen and oxygen atoms in total. The van der Waals surface area contributed by atoms with Crippen LogP contribution < -0.4 is 16.8 Å². The average molecular weight is 248 g/mol. The van der Waals surface area contributed by atoms with Crippen LogP contribution in [0, 0.1) is 0 Å². The summed E-state index contributed by atoms with van der Waals surface area (Å²) in [6, 6.07) is 2.84. The van der Waals surface area contributed by atoms with E-state index in [1.807, 2.05) is 0 Å². The summed E-state index contributed by atoms with van der Waals surface area (Å²) in [4.78, 5) is 10.7. The molecule has 0 saturated carbocycles. The minimum Gasteiger partial charge on any atom is -0.383 e. The van der Waals surface area contributed by atoms with Gasteiger partial charge >= 0.3 is 0 Å². The molecule has 3 rings (SSSR count). The van der Waals surface area contributed by atoms with Crippen molar-refractivity contribution in [3.05, 3.63) is 6.07 Å². The Kier molecular flexibility index (Phi) is 2.95. The minimum absolute atomic E-state index is 0.232. The molecule has 2 atom stereocenters. The lowest BCUT2D eigenvalue weighted by molar-refractivity contribution is 0.192. The summed E-state index contributed by atoms with van der Waals surface area (Å²) in [6.45, 7) is 2.41. The Morgan fingerprint density at radius 1 is 1.17 bits per heavy atom. The fourth-order valence-corrected chi connectivity index (χ4v) is 3.16. The summed E-state index contributed by atoms with van der Waals surface area (Å²) in [5.41, 5.74) is 11.3. The number of hydrogen-bond donors (Lipinski definition) is 3. The summed E-state index contributed by atoms with van der Waals surface area (Å²) in [5, 5.41) is 3.47. The quantitative estimate of drug-likeness (QED) is 0.712. The molecule has 0 radical (unpaired) electrons. The fourth-order valence-electron chi connectivity index (χ4n) is 3.16. The van der Waals surface area contributed by atoms with Crippen molar-refractivity contribution < 1.29 is 0 Å². The molecular weight excluding hydrogens is 228 g/mol. The second kappa shape index (κ2) is 4.61. The van der Waals surface area contributed by atoms with E-state index in [-0.39, 0.29) is 5.95 Å². The van der Waals surface area contributed by atoms with Crippen LogP contribution in [0.15, 0.2) is 6.07 Å². The van der Waals surface area contributed by atoms with Crippen LogP contribution in [0.2, 0.25) is 0 Å². The third-order valence-corrected chi connectivity index (χ3v) is 3.95. The average Bonchev–Trinajstić information content (AvgIpc) is 2.72. The van der Waals surface area contributed by atoms with Crippen LogP contribution in [0.3, 0.4) is 0 Å². The molecular formula is C12H20N6. The fraction of sp³-hybridized carbons (Fsp3) is 0.667. The normalized spacial score (nSPS) is 28.0. The van der Waals surface area contributed by atoms with Crippen molar-refractivity contribution in [2.45, 2.75) is 37.8 Å². The highest BCUT2D eigenvalue weighted by Gasteiger charge is 2.35. The first-order valence-corrected chi connectivity index (χ1v) is 6.63. The van der Waals surface area contributed by atoms with E-state index in [0.29, 0.717) is 17.9 Å². The highest BCUT2D eigenvalue weighted by Crippen LogP contribution is 2.29. The number of nitrogen functional groups attached to an aromatic ring is 2. The smallest absolute Gasteiger partial charge is 0.223 e. The summed E-state index contributed by atoms with van der Waals surface area (Å²) in [7, 11) is 0. The van der Waals surface area contributed by atoms with Gasteiger partial charge in [-0.15, -0.1) is 0 Å². The number of nitrogens with one attached hydrogen (secondary N) is 1. The van der Waals surface area contributed by atoms with Crippen LogP contribution in [0.4, 0.5) is 17.6 Å². The van der Waals surface area contributed by atoms with Gasteiger partial charge in [0.15, 0.2) is 0 Å². The first-order valence-electron chi connectivity index (χ1n) is 6.63. The van der Waals surface area contributed by atoms with Crippen molar-refractivity contribution in [2.24, 2.45) is 0 Å². The van der Waals surface area contributed by atoms with Gasteiger partial charge in [-0.2, -0.15) is 9.97 Å². The molecule has 0 spiro atoms. The zero-order valence-corrected chi connectivity index (χ0v) is 10.5. The van der Waals surface area contributed by atoms with E-state index >= 15 is 0 Å².